The lowest BCUT2D eigenvalue weighted by Gasteiger charge is -2.27. The molecule has 2 rings (SSSR count). The van der Waals surface area contributed by atoms with Gasteiger partial charge in [-0.2, -0.15) is 0 Å². The number of nitrogens with one attached hydrogen (secondary N) is 1. The van der Waals surface area contributed by atoms with Crippen LogP contribution in [0.15, 0.2) is 48.5 Å². The van der Waals surface area contributed by atoms with E-state index in [4.69, 9.17) is 4.74 Å². The second-order valence-electron chi connectivity index (χ2n) is 6.03. The summed E-state index contributed by atoms with van der Waals surface area (Å²) in [5.41, 5.74) is 1.46. The first-order valence-electron chi connectivity index (χ1n) is 8.50. The standard InChI is InChI=1S/C20H23FN2O3/c1-4-23(14(2)3)16-11-9-15(10-12-16)22-19(24)13-26-20(25)17-7-5-6-8-18(17)21/h5-12,14H,4,13H2,1-3H3,(H,22,24). The molecule has 1 amide bonds. The van der Waals surface area contributed by atoms with Gasteiger partial charge in [0.2, 0.25) is 0 Å². The van der Waals surface area contributed by atoms with Gasteiger partial charge >= 0.3 is 5.97 Å². The van der Waals surface area contributed by atoms with E-state index in [1.807, 2.05) is 12.1 Å². The number of carbonyl (C=O) groups excluding carboxylic acids is 2. The Morgan fingerprint density at radius 2 is 1.77 bits per heavy atom. The van der Waals surface area contributed by atoms with E-state index in [9.17, 15) is 14.0 Å². The van der Waals surface area contributed by atoms with E-state index in [2.05, 4.69) is 31.0 Å². The number of amides is 1. The van der Waals surface area contributed by atoms with Crippen LogP contribution in [0.4, 0.5) is 15.8 Å². The molecule has 2 aromatic rings. The number of benzene rings is 2. The van der Waals surface area contributed by atoms with Gasteiger partial charge in [0.15, 0.2) is 6.61 Å². The molecule has 1 N–H and O–H groups in total. The van der Waals surface area contributed by atoms with Crippen molar-refractivity contribution in [1.82, 2.24) is 0 Å². The molecule has 0 aliphatic heterocycles. The molecule has 0 saturated heterocycles. The van der Waals surface area contributed by atoms with Gasteiger partial charge in [0.25, 0.3) is 5.91 Å². The van der Waals surface area contributed by atoms with Gasteiger partial charge in [-0.05, 0) is 57.2 Å². The van der Waals surface area contributed by atoms with Crippen LogP contribution < -0.4 is 10.2 Å². The van der Waals surface area contributed by atoms with Crippen molar-refractivity contribution in [3.05, 3.63) is 59.9 Å². The Balaban J connectivity index is 1.90. The molecule has 0 aliphatic carbocycles. The molecule has 26 heavy (non-hydrogen) atoms. The molecule has 0 bridgehead atoms. The molecule has 0 aromatic heterocycles. The summed E-state index contributed by atoms with van der Waals surface area (Å²) < 4.78 is 18.3. The third-order valence-corrected chi connectivity index (χ3v) is 3.87. The quantitative estimate of drug-likeness (QED) is 0.764. The monoisotopic (exact) mass is 358 g/mol. The van der Waals surface area contributed by atoms with Crippen LogP contribution in [0.3, 0.4) is 0 Å². The van der Waals surface area contributed by atoms with Crippen LogP contribution in [0.2, 0.25) is 0 Å². The number of rotatable bonds is 7. The van der Waals surface area contributed by atoms with Gasteiger partial charge in [0, 0.05) is 24.0 Å². The third-order valence-electron chi connectivity index (χ3n) is 3.87. The summed E-state index contributed by atoms with van der Waals surface area (Å²) in [5, 5.41) is 2.65. The molecule has 0 atom stereocenters. The van der Waals surface area contributed by atoms with Gasteiger partial charge in [-0.25, -0.2) is 9.18 Å². The Labute approximate surface area is 152 Å². The largest absolute Gasteiger partial charge is 0.452 e. The van der Waals surface area contributed by atoms with Crippen LogP contribution in [0.1, 0.15) is 31.1 Å². The number of esters is 1. The number of nitrogens with zero attached hydrogens (tertiary/aromatic N) is 1. The molecular formula is C20H23FN2O3. The average Bonchev–Trinajstić information content (AvgIpc) is 2.62. The zero-order valence-corrected chi connectivity index (χ0v) is 15.2. The van der Waals surface area contributed by atoms with E-state index in [-0.39, 0.29) is 5.56 Å². The molecule has 6 heteroatoms. The highest BCUT2D eigenvalue weighted by atomic mass is 19.1. The number of carbonyl (C=O) groups is 2. The van der Waals surface area contributed by atoms with Gasteiger partial charge in [0.05, 0.1) is 5.56 Å². The van der Waals surface area contributed by atoms with Crippen LogP contribution in [0.25, 0.3) is 0 Å². The van der Waals surface area contributed by atoms with Crippen molar-refractivity contribution in [2.75, 3.05) is 23.4 Å². The molecule has 0 radical (unpaired) electrons. The van der Waals surface area contributed by atoms with Gasteiger partial charge in [-0.1, -0.05) is 12.1 Å². The molecule has 0 fully saturated rings. The Kier molecular flexibility index (Phi) is 6.72. The van der Waals surface area contributed by atoms with Crippen molar-refractivity contribution in [3.8, 4) is 0 Å². The fourth-order valence-corrected chi connectivity index (χ4v) is 2.61. The minimum absolute atomic E-state index is 0.196. The lowest BCUT2D eigenvalue weighted by molar-refractivity contribution is -0.119. The Morgan fingerprint density at radius 3 is 2.35 bits per heavy atom. The Bertz CT molecular complexity index is 760. The van der Waals surface area contributed by atoms with Crippen molar-refractivity contribution in [3.63, 3.8) is 0 Å². The van der Waals surface area contributed by atoms with Crippen molar-refractivity contribution in [2.24, 2.45) is 0 Å². The summed E-state index contributed by atoms with van der Waals surface area (Å²) in [5.74, 6) is -2.04. The molecule has 138 valence electrons. The van der Waals surface area contributed by atoms with Crippen LogP contribution in [-0.2, 0) is 9.53 Å². The number of halogens is 1. The predicted octanol–water partition coefficient (Wildman–Crippen LogP) is 3.86. The fraction of sp³-hybridized carbons (Fsp3) is 0.300. The second kappa shape index (κ2) is 8.99. The van der Waals surface area contributed by atoms with Crippen molar-refractivity contribution >= 4 is 23.3 Å². The summed E-state index contributed by atoms with van der Waals surface area (Å²) >= 11 is 0. The summed E-state index contributed by atoms with van der Waals surface area (Å²) in [6, 6.07) is 13.3. The number of anilines is 2. The Hall–Kier alpha value is -2.89. The summed E-state index contributed by atoms with van der Waals surface area (Å²) in [7, 11) is 0. The van der Waals surface area contributed by atoms with E-state index < -0.39 is 24.3 Å². The summed E-state index contributed by atoms with van der Waals surface area (Å²) in [6.45, 7) is 6.71. The predicted molar refractivity (Wildman–Crippen MR) is 99.9 cm³/mol. The zero-order chi connectivity index (χ0) is 19.1. The highest BCUT2D eigenvalue weighted by Gasteiger charge is 2.14. The highest BCUT2D eigenvalue weighted by Crippen LogP contribution is 2.19. The number of hydrogen-bond donors (Lipinski definition) is 1. The molecular weight excluding hydrogens is 335 g/mol. The van der Waals surface area contributed by atoms with Gasteiger partial charge in [-0.3, -0.25) is 4.79 Å². The topological polar surface area (TPSA) is 58.6 Å². The molecule has 5 nitrogen and oxygen atoms in total. The normalized spacial score (nSPS) is 10.5. The number of ether oxygens (including phenoxy) is 1. The SMILES string of the molecule is CCN(c1ccc(NC(=O)COC(=O)c2ccccc2F)cc1)C(C)C. The minimum atomic E-state index is -0.871. The van der Waals surface area contributed by atoms with Crippen LogP contribution in [0, 0.1) is 5.82 Å². The maximum Gasteiger partial charge on any atom is 0.341 e. The highest BCUT2D eigenvalue weighted by molar-refractivity contribution is 5.95. The molecule has 0 saturated carbocycles. The molecule has 0 unspecified atom stereocenters. The van der Waals surface area contributed by atoms with Crippen molar-refractivity contribution < 1.29 is 18.7 Å². The Morgan fingerprint density at radius 1 is 1.12 bits per heavy atom. The van der Waals surface area contributed by atoms with Gasteiger partial charge in [0.1, 0.15) is 5.82 Å². The first kappa shape index (κ1) is 19.4. The third kappa shape index (κ3) is 5.05. The van der Waals surface area contributed by atoms with Gasteiger partial charge in [-0.15, -0.1) is 0 Å². The zero-order valence-electron chi connectivity index (χ0n) is 15.2. The van der Waals surface area contributed by atoms with Crippen molar-refractivity contribution in [1.29, 1.82) is 0 Å². The van der Waals surface area contributed by atoms with E-state index in [1.54, 1.807) is 12.1 Å². The minimum Gasteiger partial charge on any atom is -0.452 e. The second-order valence-corrected chi connectivity index (χ2v) is 6.03. The maximum atomic E-state index is 13.5. The van der Waals surface area contributed by atoms with Crippen molar-refractivity contribution in [2.45, 2.75) is 26.8 Å². The summed E-state index contributed by atoms with van der Waals surface area (Å²) in [6.07, 6.45) is 0. The lowest BCUT2D eigenvalue weighted by Crippen LogP contribution is -2.30. The van der Waals surface area contributed by atoms with E-state index in [1.165, 1.54) is 18.2 Å². The van der Waals surface area contributed by atoms with Crippen LogP contribution >= 0.6 is 0 Å². The maximum absolute atomic E-state index is 13.5. The number of hydrogen-bond acceptors (Lipinski definition) is 4. The van der Waals surface area contributed by atoms with E-state index >= 15 is 0 Å². The lowest BCUT2D eigenvalue weighted by atomic mass is 10.2. The fourth-order valence-electron chi connectivity index (χ4n) is 2.61. The molecule has 2 aromatic carbocycles. The first-order chi connectivity index (χ1) is 12.4. The van der Waals surface area contributed by atoms with E-state index in [0.717, 1.165) is 18.3 Å². The molecule has 0 aliphatic rings. The first-order valence-corrected chi connectivity index (χ1v) is 8.50. The van der Waals surface area contributed by atoms with Crippen LogP contribution in [0.5, 0.6) is 0 Å². The average molecular weight is 358 g/mol. The molecule has 0 heterocycles. The van der Waals surface area contributed by atoms with E-state index in [0.29, 0.717) is 11.7 Å². The smallest absolute Gasteiger partial charge is 0.341 e. The molecule has 0 spiro atoms. The summed E-state index contributed by atoms with van der Waals surface area (Å²) in [4.78, 5) is 25.9. The van der Waals surface area contributed by atoms with Gasteiger partial charge < -0.3 is 15.0 Å². The van der Waals surface area contributed by atoms with Crippen LogP contribution in [-0.4, -0.2) is 31.1 Å².